The maximum absolute atomic E-state index is 11.8. The first kappa shape index (κ1) is 13.8. The van der Waals surface area contributed by atoms with E-state index in [0.29, 0.717) is 5.13 Å². The molecule has 2 amide bonds. The van der Waals surface area contributed by atoms with Crippen molar-refractivity contribution in [1.29, 1.82) is 0 Å². The van der Waals surface area contributed by atoms with Crippen molar-refractivity contribution >= 4 is 32.7 Å². The summed E-state index contributed by atoms with van der Waals surface area (Å²) in [6, 6.07) is 7.33. The summed E-state index contributed by atoms with van der Waals surface area (Å²) in [7, 11) is 0. The molecule has 0 saturated carbocycles. The third-order valence-corrected chi connectivity index (χ3v) is 3.97. The van der Waals surface area contributed by atoms with Gasteiger partial charge in [0.1, 0.15) is 0 Å². The summed E-state index contributed by atoms with van der Waals surface area (Å²) in [4.78, 5) is 16.1. The number of fused-ring (bicyclic) bond motifs is 1. The average molecular weight is 279 g/mol. The van der Waals surface area contributed by atoms with Gasteiger partial charge in [-0.05, 0) is 25.0 Å². The molecule has 0 aliphatic carbocycles. The van der Waals surface area contributed by atoms with Gasteiger partial charge in [0.2, 0.25) is 0 Å². The Hall–Kier alpha value is -1.66. The van der Waals surface area contributed by atoms with Crippen LogP contribution in [0.2, 0.25) is 0 Å². The average Bonchev–Trinajstić information content (AvgIpc) is 2.79. The van der Waals surface area contributed by atoms with Crippen LogP contribution < -0.4 is 10.6 Å². The first-order valence-electron chi connectivity index (χ1n) is 6.14. The van der Waals surface area contributed by atoms with E-state index in [-0.39, 0.29) is 24.6 Å². The quantitative estimate of drug-likeness (QED) is 0.804. The number of para-hydroxylation sites is 1. The van der Waals surface area contributed by atoms with Gasteiger partial charge >= 0.3 is 6.03 Å². The first-order chi connectivity index (χ1) is 9.10. The maximum Gasteiger partial charge on any atom is 0.321 e. The summed E-state index contributed by atoms with van der Waals surface area (Å²) < 4.78 is 1.04. The van der Waals surface area contributed by atoms with Crippen molar-refractivity contribution < 1.29 is 9.90 Å². The van der Waals surface area contributed by atoms with Crippen LogP contribution in [0, 0.1) is 5.92 Å². The van der Waals surface area contributed by atoms with E-state index in [4.69, 9.17) is 5.11 Å². The fraction of sp³-hybridized carbons (Fsp3) is 0.385. The van der Waals surface area contributed by atoms with Crippen molar-refractivity contribution in [3.8, 4) is 0 Å². The number of amides is 2. The molecule has 2 rings (SSSR count). The number of nitrogens with one attached hydrogen (secondary N) is 2. The van der Waals surface area contributed by atoms with Crippen LogP contribution in [0.15, 0.2) is 24.3 Å². The molecule has 6 heteroatoms. The van der Waals surface area contributed by atoms with Gasteiger partial charge in [-0.3, -0.25) is 5.32 Å². The van der Waals surface area contributed by atoms with E-state index in [1.54, 1.807) is 0 Å². The van der Waals surface area contributed by atoms with Crippen molar-refractivity contribution in [3.63, 3.8) is 0 Å². The Morgan fingerprint density at radius 3 is 2.84 bits per heavy atom. The predicted molar refractivity (Wildman–Crippen MR) is 77.5 cm³/mol. The van der Waals surface area contributed by atoms with Gasteiger partial charge in [0, 0.05) is 12.6 Å². The lowest BCUT2D eigenvalue weighted by Crippen LogP contribution is -2.40. The van der Waals surface area contributed by atoms with Gasteiger partial charge in [0.05, 0.1) is 10.2 Å². The highest BCUT2D eigenvalue weighted by Gasteiger charge is 2.14. The number of aliphatic hydroxyl groups excluding tert-OH is 1. The monoisotopic (exact) mass is 279 g/mol. The Morgan fingerprint density at radius 2 is 2.16 bits per heavy atom. The third-order valence-electron chi connectivity index (χ3n) is 3.01. The lowest BCUT2D eigenvalue weighted by atomic mass is 10.1. The zero-order chi connectivity index (χ0) is 13.8. The molecule has 0 aliphatic rings. The molecular weight excluding hydrogens is 262 g/mol. The number of urea groups is 1. The highest BCUT2D eigenvalue weighted by Crippen LogP contribution is 2.25. The Morgan fingerprint density at radius 1 is 1.42 bits per heavy atom. The second kappa shape index (κ2) is 5.99. The molecule has 2 aromatic rings. The number of hydrogen-bond donors (Lipinski definition) is 3. The van der Waals surface area contributed by atoms with E-state index < -0.39 is 0 Å². The number of rotatable bonds is 4. The van der Waals surface area contributed by atoms with Gasteiger partial charge in [0.25, 0.3) is 0 Å². The van der Waals surface area contributed by atoms with Crippen LogP contribution >= 0.6 is 11.3 Å². The molecule has 102 valence electrons. The Bertz CT molecular complexity index is 537. The van der Waals surface area contributed by atoms with Gasteiger partial charge < -0.3 is 10.4 Å². The summed E-state index contributed by atoms with van der Waals surface area (Å²) in [6.45, 7) is 3.78. The SMILES string of the molecule is CC(CO)C(C)NC(=O)Nc1nc2ccccc2s1. The molecule has 2 atom stereocenters. The van der Waals surface area contributed by atoms with E-state index in [0.717, 1.165) is 10.2 Å². The molecule has 1 heterocycles. The molecule has 1 aromatic heterocycles. The van der Waals surface area contributed by atoms with E-state index in [2.05, 4.69) is 15.6 Å². The highest BCUT2D eigenvalue weighted by atomic mass is 32.1. The number of carbonyl (C=O) groups is 1. The van der Waals surface area contributed by atoms with Crippen LogP contribution in [0.1, 0.15) is 13.8 Å². The zero-order valence-electron chi connectivity index (χ0n) is 10.9. The molecular formula is C13H17N3O2S. The number of nitrogens with zero attached hydrogens (tertiary/aromatic N) is 1. The summed E-state index contributed by atoms with van der Waals surface area (Å²) in [5, 5.41) is 15.1. The molecule has 0 bridgehead atoms. The number of aliphatic hydroxyl groups is 1. The normalized spacial score (nSPS) is 14.1. The van der Waals surface area contributed by atoms with Gasteiger partial charge in [-0.2, -0.15) is 0 Å². The van der Waals surface area contributed by atoms with E-state index in [1.807, 2.05) is 38.1 Å². The minimum absolute atomic E-state index is 0.0149. The number of benzene rings is 1. The minimum Gasteiger partial charge on any atom is -0.396 e. The molecule has 3 N–H and O–H groups in total. The molecule has 2 unspecified atom stereocenters. The molecule has 0 spiro atoms. The second-order valence-electron chi connectivity index (χ2n) is 4.53. The number of aromatic nitrogens is 1. The third kappa shape index (κ3) is 3.42. The van der Waals surface area contributed by atoms with Crippen LogP contribution in [-0.2, 0) is 0 Å². The highest BCUT2D eigenvalue weighted by molar-refractivity contribution is 7.22. The lowest BCUT2D eigenvalue weighted by molar-refractivity contribution is 0.204. The van der Waals surface area contributed by atoms with E-state index in [9.17, 15) is 4.79 Å². The van der Waals surface area contributed by atoms with Crippen LogP contribution in [0.25, 0.3) is 10.2 Å². The number of hydrogen-bond acceptors (Lipinski definition) is 4. The van der Waals surface area contributed by atoms with Gasteiger partial charge in [-0.25, -0.2) is 9.78 Å². The zero-order valence-corrected chi connectivity index (χ0v) is 11.7. The fourth-order valence-electron chi connectivity index (χ4n) is 1.57. The molecule has 1 aromatic carbocycles. The Balaban J connectivity index is 1.98. The second-order valence-corrected chi connectivity index (χ2v) is 5.56. The van der Waals surface area contributed by atoms with Crippen LogP contribution in [0.5, 0.6) is 0 Å². The number of anilines is 1. The molecule has 0 aliphatic heterocycles. The fourth-order valence-corrected chi connectivity index (χ4v) is 2.43. The first-order valence-corrected chi connectivity index (χ1v) is 6.95. The smallest absolute Gasteiger partial charge is 0.321 e. The van der Waals surface area contributed by atoms with Crippen LogP contribution in [-0.4, -0.2) is 28.8 Å². The van der Waals surface area contributed by atoms with Crippen molar-refractivity contribution in [2.75, 3.05) is 11.9 Å². The van der Waals surface area contributed by atoms with Crippen molar-refractivity contribution in [1.82, 2.24) is 10.3 Å². The Labute approximate surface area is 115 Å². The number of carbonyl (C=O) groups excluding carboxylic acids is 1. The standard InChI is InChI=1S/C13H17N3O2S/c1-8(7-17)9(2)14-12(18)16-13-15-10-5-3-4-6-11(10)19-13/h3-6,8-9,17H,7H2,1-2H3,(H2,14,15,16,18). The predicted octanol–water partition coefficient (Wildman–Crippen LogP) is 2.43. The van der Waals surface area contributed by atoms with E-state index in [1.165, 1.54) is 11.3 Å². The minimum atomic E-state index is -0.299. The molecule has 0 fully saturated rings. The van der Waals surface area contributed by atoms with Crippen molar-refractivity contribution in [2.24, 2.45) is 5.92 Å². The summed E-state index contributed by atoms with van der Waals surface area (Å²) in [5.41, 5.74) is 0.875. The topological polar surface area (TPSA) is 74.2 Å². The lowest BCUT2D eigenvalue weighted by Gasteiger charge is -2.18. The van der Waals surface area contributed by atoms with Gasteiger partial charge in [-0.1, -0.05) is 30.4 Å². The Kier molecular flexibility index (Phi) is 4.34. The summed E-state index contributed by atoms with van der Waals surface area (Å²) in [6.07, 6.45) is 0. The summed E-state index contributed by atoms with van der Waals surface area (Å²) >= 11 is 1.43. The molecule has 0 radical (unpaired) electrons. The van der Waals surface area contributed by atoms with Crippen molar-refractivity contribution in [2.45, 2.75) is 19.9 Å². The molecule has 19 heavy (non-hydrogen) atoms. The molecule has 5 nitrogen and oxygen atoms in total. The van der Waals surface area contributed by atoms with Crippen molar-refractivity contribution in [3.05, 3.63) is 24.3 Å². The summed E-state index contributed by atoms with van der Waals surface area (Å²) in [5.74, 6) is 0.0149. The van der Waals surface area contributed by atoms with Gasteiger partial charge in [0.15, 0.2) is 5.13 Å². The largest absolute Gasteiger partial charge is 0.396 e. The van der Waals surface area contributed by atoms with Crippen LogP contribution in [0.3, 0.4) is 0 Å². The van der Waals surface area contributed by atoms with E-state index >= 15 is 0 Å². The molecule has 0 saturated heterocycles. The van der Waals surface area contributed by atoms with Gasteiger partial charge in [-0.15, -0.1) is 0 Å². The maximum atomic E-state index is 11.8. The van der Waals surface area contributed by atoms with Crippen LogP contribution in [0.4, 0.5) is 9.93 Å². The number of thiazole rings is 1.